The molecule has 0 bridgehead atoms. The number of hydrogen-bond donors (Lipinski definition) is 0. The van der Waals surface area contributed by atoms with Crippen molar-refractivity contribution < 1.29 is 9.66 Å². The lowest BCUT2D eigenvalue weighted by Gasteiger charge is -2.05. The van der Waals surface area contributed by atoms with Crippen LogP contribution in [0.2, 0.25) is 0 Å². The SMILES string of the molecule is Cn1cc(-c2cc3c(Oc4ccc([N+](=O)[O-])cn4)cccn3n2)cn1. The summed E-state index contributed by atoms with van der Waals surface area (Å²) in [6, 6.07) is 8.28. The number of nitro groups is 1. The van der Waals surface area contributed by atoms with Crippen molar-refractivity contribution in [2.24, 2.45) is 7.05 Å². The molecule has 0 saturated heterocycles. The Morgan fingerprint density at radius 3 is 2.80 bits per heavy atom. The maximum absolute atomic E-state index is 10.7. The molecule has 0 fully saturated rings. The second-order valence-electron chi connectivity index (χ2n) is 5.35. The van der Waals surface area contributed by atoms with Crippen LogP contribution in [0.4, 0.5) is 5.69 Å². The highest BCUT2D eigenvalue weighted by atomic mass is 16.6. The lowest BCUT2D eigenvalue weighted by atomic mass is 10.2. The van der Waals surface area contributed by atoms with E-state index in [1.807, 2.05) is 25.5 Å². The zero-order valence-corrected chi connectivity index (χ0v) is 13.1. The van der Waals surface area contributed by atoms with E-state index in [-0.39, 0.29) is 11.6 Å². The number of pyridine rings is 2. The number of rotatable bonds is 4. The van der Waals surface area contributed by atoms with E-state index in [0.717, 1.165) is 23.0 Å². The number of ether oxygens (including phenoxy) is 1. The molecule has 0 spiro atoms. The van der Waals surface area contributed by atoms with E-state index in [9.17, 15) is 10.1 Å². The van der Waals surface area contributed by atoms with Gasteiger partial charge in [-0.15, -0.1) is 0 Å². The van der Waals surface area contributed by atoms with Crippen LogP contribution in [-0.4, -0.2) is 29.3 Å². The van der Waals surface area contributed by atoms with Gasteiger partial charge in [-0.05, 0) is 18.2 Å². The highest BCUT2D eigenvalue weighted by Gasteiger charge is 2.12. The van der Waals surface area contributed by atoms with Crippen molar-refractivity contribution in [3.63, 3.8) is 0 Å². The molecule has 4 aromatic rings. The third kappa shape index (κ3) is 2.78. The lowest BCUT2D eigenvalue weighted by molar-refractivity contribution is -0.385. The molecule has 0 aliphatic carbocycles. The second kappa shape index (κ2) is 5.71. The van der Waals surface area contributed by atoms with Gasteiger partial charge >= 0.3 is 0 Å². The minimum Gasteiger partial charge on any atom is -0.437 e. The molecule has 0 atom stereocenters. The highest BCUT2D eigenvalue weighted by molar-refractivity contribution is 5.70. The number of aromatic nitrogens is 5. The number of fused-ring (bicyclic) bond motifs is 1. The second-order valence-corrected chi connectivity index (χ2v) is 5.35. The van der Waals surface area contributed by atoms with Crippen LogP contribution in [0.25, 0.3) is 16.8 Å². The quantitative estimate of drug-likeness (QED) is 0.419. The Labute approximate surface area is 141 Å². The first-order valence-electron chi connectivity index (χ1n) is 7.36. The van der Waals surface area contributed by atoms with Crippen molar-refractivity contribution in [3.05, 3.63) is 65.2 Å². The normalized spacial score (nSPS) is 10.9. The monoisotopic (exact) mass is 336 g/mol. The fourth-order valence-corrected chi connectivity index (χ4v) is 2.42. The van der Waals surface area contributed by atoms with E-state index in [1.165, 1.54) is 12.1 Å². The van der Waals surface area contributed by atoms with E-state index in [2.05, 4.69) is 15.2 Å². The summed E-state index contributed by atoms with van der Waals surface area (Å²) >= 11 is 0. The molecule has 0 aliphatic heterocycles. The molecular formula is C16H12N6O3. The fourth-order valence-electron chi connectivity index (χ4n) is 2.42. The number of hydrogen-bond acceptors (Lipinski definition) is 6. The Balaban J connectivity index is 1.69. The molecule has 9 heteroatoms. The third-order valence-corrected chi connectivity index (χ3v) is 3.61. The average molecular weight is 336 g/mol. The van der Waals surface area contributed by atoms with Gasteiger partial charge in [-0.3, -0.25) is 14.8 Å². The van der Waals surface area contributed by atoms with Crippen LogP contribution in [0, 0.1) is 10.1 Å². The topological polar surface area (TPSA) is 100 Å². The molecule has 4 heterocycles. The molecule has 0 aromatic carbocycles. The molecule has 0 aliphatic rings. The number of nitrogens with zero attached hydrogens (tertiary/aromatic N) is 6. The van der Waals surface area contributed by atoms with Crippen LogP contribution in [0.5, 0.6) is 11.6 Å². The molecule has 9 nitrogen and oxygen atoms in total. The summed E-state index contributed by atoms with van der Waals surface area (Å²) in [6.45, 7) is 0. The summed E-state index contributed by atoms with van der Waals surface area (Å²) in [6.07, 6.45) is 6.58. The van der Waals surface area contributed by atoms with Crippen LogP contribution in [0.3, 0.4) is 0 Å². The zero-order chi connectivity index (χ0) is 17.4. The van der Waals surface area contributed by atoms with E-state index in [4.69, 9.17) is 4.74 Å². The van der Waals surface area contributed by atoms with Gasteiger partial charge in [-0.1, -0.05) is 0 Å². The number of aryl methyl sites for hydroxylation is 1. The first kappa shape index (κ1) is 14.8. The molecule has 4 rings (SSSR count). The predicted octanol–water partition coefficient (Wildman–Crippen LogP) is 2.83. The van der Waals surface area contributed by atoms with Gasteiger partial charge in [0.2, 0.25) is 5.88 Å². The summed E-state index contributed by atoms with van der Waals surface area (Å²) in [7, 11) is 1.84. The summed E-state index contributed by atoms with van der Waals surface area (Å²) in [5.74, 6) is 0.814. The minimum atomic E-state index is -0.505. The van der Waals surface area contributed by atoms with Crippen molar-refractivity contribution in [2.45, 2.75) is 0 Å². The predicted molar refractivity (Wildman–Crippen MR) is 88.4 cm³/mol. The molecule has 25 heavy (non-hydrogen) atoms. The molecular weight excluding hydrogens is 324 g/mol. The molecule has 0 N–H and O–H groups in total. The van der Waals surface area contributed by atoms with Crippen molar-refractivity contribution in [1.29, 1.82) is 0 Å². The Bertz CT molecular complexity index is 1070. The van der Waals surface area contributed by atoms with Crippen molar-refractivity contribution in [2.75, 3.05) is 0 Å². The van der Waals surface area contributed by atoms with Crippen LogP contribution >= 0.6 is 0 Å². The average Bonchev–Trinajstić information content (AvgIpc) is 3.22. The maximum Gasteiger partial charge on any atom is 0.287 e. The van der Waals surface area contributed by atoms with Gasteiger partial charge in [0.25, 0.3) is 5.69 Å². The van der Waals surface area contributed by atoms with Gasteiger partial charge < -0.3 is 4.74 Å². The van der Waals surface area contributed by atoms with Gasteiger partial charge in [0.05, 0.1) is 16.8 Å². The Morgan fingerprint density at radius 2 is 2.12 bits per heavy atom. The fraction of sp³-hybridized carbons (Fsp3) is 0.0625. The summed E-state index contributed by atoms with van der Waals surface area (Å²) in [4.78, 5) is 14.1. The van der Waals surface area contributed by atoms with E-state index in [0.29, 0.717) is 5.75 Å². The van der Waals surface area contributed by atoms with Crippen molar-refractivity contribution in [1.82, 2.24) is 24.4 Å². The van der Waals surface area contributed by atoms with Crippen molar-refractivity contribution >= 4 is 11.2 Å². The molecule has 0 radical (unpaired) electrons. The van der Waals surface area contributed by atoms with Gasteiger partial charge in [-0.25, -0.2) is 9.50 Å². The Kier molecular flexibility index (Phi) is 3.38. The maximum atomic E-state index is 10.7. The van der Waals surface area contributed by atoms with Crippen LogP contribution in [0.1, 0.15) is 0 Å². The third-order valence-electron chi connectivity index (χ3n) is 3.61. The Morgan fingerprint density at radius 1 is 1.24 bits per heavy atom. The molecule has 0 unspecified atom stereocenters. The largest absolute Gasteiger partial charge is 0.437 e. The first-order valence-corrected chi connectivity index (χ1v) is 7.36. The van der Waals surface area contributed by atoms with Crippen LogP contribution < -0.4 is 4.74 Å². The minimum absolute atomic E-state index is 0.0891. The molecule has 124 valence electrons. The lowest BCUT2D eigenvalue weighted by Crippen LogP contribution is -1.93. The van der Waals surface area contributed by atoms with Gasteiger partial charge in [0.15, 0.2) is 5.75 Å². The van der Waals surface area contributed by atoms with Crippen LogP contribution in [-0.2, 0) is 7.05 Å². The first-order chi connectivity index (χ1) is 12.1. The standard InChI is InChI=1S/C16H12N6O3/c1-20-10-11(8-18-20)13-7-14-15(3-2-6-21(14)19-13)25-16-5-4-12(9-17-16)22(23)24/h2-10H,1H3. The van der Waals surface area contributed by atoms with Gasteiger partial charge in [0.1, 0.15) is 11.7 Å². The van der Waals surface area contributed by atoms with Crippen LogP contribution in [0.15, 0.2) is 55.1 Å². The van der Waals surface area contributed by atoms with E-state index in [1.54, 1.807) is 27.5 Å². The zero-order valence-electron chi connectivity index (χ0n) is 13.1. The highest BCUT2D eigenvalue weighted by Crippen LogP contribution is 2.28. The molecule has 4 aromatic heterocycles. The smallest absolute Gasteiger partial charge is 0.287 e. The van der Waals surface area contributed by atoms with E-state index >= 15 is 0 Å². The van der Waals surface area contributed by atoms with Gasteiger partial charge in [-0.2, -0.15) is 10.2 Å². The summed E-state index contributed by atoms with van der Waals surface area (Å²) < 4.78 is 9.17. The Hall–Kier alpha value is -3.75. The van der Waals surface area contributed by atoms with Gasteiger partial charge in [0, 0.05) is 37.1 Å². The summed E-state index contributed by atoms with van der Waals surface area (Å²) in [5, 5.41) is 19.3. The molecule has 0 amide bonds. The molecule has 0 saturated carbocycles. The summed E-state index contributed by atoms with van der Waals surface area (Å²) in [5.41, 5.74) is 2.32. The van der Waals surface area contributed by atoms with Crippen molar-refractivity contribution in [3.8, 4) is 22.9 Å². The van der Waals surface area contributed by atoms with E-state index < -0.39 is 4.92 Å².